The molecule has 0 radical (unpaired) electrons. The molecule has 3 aromatic rings. The Morgan fingerprint density at radius 1 is 1.00 bits per heavy atom. The summed E-state index contributed by atoms with van der Waals surface area (Å²) in [5.41, 5.74) is 2.04. The summed E-state index contributed by atoms with van der Waals surface area (Å²) < 4.78 is 19.4. The Kier molecular flexibility index (Phi) is 7.32. The number of carbonyl (C=O) groups is 2. The Hall–Kier alpha value is -3.74. The quantitative estimate of drug-likeness (QED) is 0.561. The van der Waals surface area contributed by atoms with Crippen molar-refractivity contribution in [1.82, 2.24) is 10.3 Å². The number of pyridine rings is 1. The summed E-state index contributed by atoms with van der Waals surface area (Å²) in [5.74, 6) is -1.07. The molecule has 0 fully saturated rings. The van der Waals surface area contributed by atoms with Crippen LogP contribution in [0.1, 0.15) is 45.2 Å². The van der Waals surface area contributed by atoms with Crippen LogP contribution in [0, 0.1) is 12.7 Å². The highest BCUT2D eigenvalue weighted by Gasteiger charge is 2.18. The number of aromatic nitrogens is 1. The molecular weight excluding hydrogens is 397 g/mol. The van der Waals surface area contributed by atoms with Gasteiger partial charge in [-0.15, -0.1) is 0 Å². The van der Waals surface area contributed by atoms with Gasteiger partial charge in [-0.3, -0.25) is 9.59 Å². The zero-order chi connectivity index (χ0) is 22.2. The van der Waals surface area contributed by atoms with Crippen molar-refractivity contribution in [2.75, 3.05) is 11.9 Å². The molecule has 0 unspecified atom stereocenters. The third-order valence-corrected chi connectivity index (χ3v) is 4.58. The first-order valence-corrected chi connectivity index (χ1v) is 10.0. The fraction of sp³-hybridized carbons (Fsp3) is 0.208. The van der Waals surface area contributed by atoms with Crippen LogP contribution in [0.25, 0.3) is 0 Å². The summed E-state index contributed by atoms with van der Waals surface area (Å²) >= 11 is 0. The van der Waals surface area contributed by atoms with E-state index in [0.717, 1.165) is 12.0 Å². The third kappa shape index (κ3) is 5.66. The molecular formula is C24H24FN3O3. The van der Waals surface area contributed by atoms with Crippen molar-refractivity contribution < 1.29 is 18.7 Å². The van der Waals surface area contributed by atoms with Crippen molar-refractivity contribution in [3.05, 3.63) is 88.9 Å². The molecule has 7 heteroatoms. The molecule has 0 aliphatic carbocycles. The van der Waals surface area contributed by atoms with E-state index in [1.807, 2.05) is 13.0 Å². The van der Waals surface area contributed by atoms with Gasteiger partial charge in [0.25, 0.3) is 11.8 Å². The van der Waals surface area contributed by atoms with Crippen LogP contribution in [-0.2, 0) is 6.54 Å². The van der Waals surface area contributed by atoms with E-state index in [-0.39, 0.29) is 18.0 Å². The summed E-state index contributed by atoms with van der Waals surface area (Å²) in [5, 5.41) is 5.50. The van der Waals surface area contributed by atoms with E-state index in [1.165, 1.54) is 18.2 Å². The molecule has 1 heterocycles. The number of para-hydroxylation sites is 1. The maximum Gasteiger partial charge on any atom is 0.258 e. The molecule has 1 aromatic heterocycles. The van der Waals surface area contributed by atoms with E-state index >= 15 is 0 Å². The van der Waals surface area contributed by atoms with Crippen LogP contribution in [0.4, 0.5) is 10.1 Å². The number of benzene rings is 2. The normalized spacial score (nSPS) is 10.4. The molecule has 31 heavy (non-hydrogen) atoms. The first kappa shape index (κ1) is 22.0. The van der Waals surface area contributed by atoms with Crippen LogP contribution in [0.15, 0.2) is 60.8 Å². The smallest absolute Gasteiger partial charge is 0.258 e. The van der Waals surface area contributed by atoms with E-state index in [1.54, 1.807) is 43.5 Å². The molecule has 0 spiro atoms. The number of halogens is 1. The van der Waals surface area contributed by atoms with Gasteiger partial charge in [-0.25, -0.2) is 9.37 Å². The summed E-state index contributed by atoms with van der Waals surface area (Å²) in [4.78, 5) is 29.6. The molecule has 0 aliphatic rings. The lowest BCUT2D eigenvalue weighted by molar-refractivity contribution is 0.0951. The maximum absolute atomic E-state index is 14.0. The summed E-state index contributed by atoms with van der Waals surface area (Å²) in [6.45, 7) is 4.64. The van der Waals surface area contributed by atoms with Crippen LogP contribution < -0.4 is 15.4 Å². The Morgan fingerprint density at radius 3 is 2.48 bits per heavy atom. The predicted molar refractivity (Wildman–Crippen MR) is 117 cm³/mol. The van der Waals surface area contributed by atoms with Crippen molar-refractivity contribution in [2.24, 2.45) is 0 Å². The predicted octanol–water partition coefficient (Wildman–Crippen LogP) is 4.50. The average Bonchev–Trinajstić information content (AvgIpc) is 2.78. The van der Waals surface area contributed by atoms with Gasteiger partial charge in [0.2, 0.25) is 5.88 Å². The van der Waals surface area contributed by atoms with Gasteiger partial charge in [0.1, 0.15) is 5.82 Å². The molecule has 160 valence electrons. The first-order chi connectivity index (χ1) is 15.0. The number of nitrogens with one attached hydrogen (secondary N) is 2. The van der Waals surface area contributed by atoms with Crippen LogP contribution in [0.5, 0.6) is 5.88 Å². The van der Waals surface area contributed by atoms with Crippen molar-refractivity contribution >= 4 is 17.5 Å². The zero-order valence-electron chi connectivity index (χ0n) is 17.4. The van der Waals surface area contributed by atoms with E-state index in [2.05, 4.69) is 15.6 Å². The van der Waals surface area contributed by atoms with Gasteiger partial charge >= 0.3 is 0 Å². The van der Waals surface area contributed by atoms with E-state index < -0.39 is 11.7 Å². The molecule has 0 saturated heterocycles. The molecule has 2 N–H and O–H groups in total. The SMILES string of the molecule is CCCOc1ccc(CNC(=O)c2cccc(C)c2NC(=O)c2ccccc2F)cn1. The first-order valence-electron chi connectivity index (χ1n) is 10.0. The van der Waals surface area contributed by atoms with Gasteiger partial charge in [0, 0.05) is 18.8 Å². The molecule has 0 saturated carbocycles. The number of ether oxygens (including phenoxy) is 1. The summed E-state index contributed by atoms with van der Waals surface area (Å²) in [6.07, 6.45) is 2.54. The van der Waals surface area contributed by atoms with Crippen LogP contribution in [0.2, 0.25) is 0 Å². The van der Waals surface area contributed by atoms with Crippen molar-refractivity contribution in [1.29, 1.82) is 0 Å². The Balaban J connectivity index is 1.71. The second-order valence-electron chi connectivity index (χ2n) is 6.97. The molecule has 6 nitrogen and oxygen atoms in total. The fourth-order valence-corrected chi connectivity index (χ4v) is 2.93. The van der Waals surface area contributed by atoms with Crippen molar-refractivity contribution in [3.8, 4) is 5.88 Å². The highest BCUT2D eigenvalue weighted by molar-refractivity contribution is 6.09. The summed E-state index contributed by atoms with van der Waals surface area (Å²) in [7, 11) is 0. The van der Waals surface area contributed by atoms with E-state index in [0.29, 0.717) is 29.3 Å². The minimum Gasteiger partial charge on any atom is -0.478 e. The highest BCUT2D eigenvalue weighted by Crippen LogP contribution is 2.22. The van der Waals surface area contributed by atoms with Crippen LogP contribution in [-0.4, -0.2) is 23.4 Å². The lowest BCUT2D eigenvalue weighted by atomic mass is 10.1. The molecule has 3 rings (SSSR count). The number of aryl methyl sites for hydroxylation is 1. The van der Waals surface area contributed by atoms with Crippen molar-refractivity contribution in [3.63, 3.8) is 0 Å². The standard InChI is InChI=1S/C24H24FN3O3/c1-3-13-31-21-12-11-17(14-26-21)15-27-23(29)19-9-6-7-16(2)22(19)28-24(30)18-8-4-5-10-20(18)25/h4-12,14H,3,13,15H2,1-2H3,(H,27,29)(H,28,30). The average molecular weight is 421 g/mol. The van der Waals surface area contributed by atoms with E-state index in [4.69, 9.17) is 4.74 Å². The third-order valence-electron chi connectivity index (χ3n) is 4.58. The minimum absolute atomic E-state index is 0.0893. The number of rotatable bonds is 8. The van der Waals surface area contributed by atoms with Crippen LogP contribution >= 0.6 is 0 Å². The number of nitrogens with zero attached hydrogens (tertiary/aromatic N) is 1. The molecule has 0 aliphatic heterocycles. The molecule has 0 atom stereocenters. The van der Waals surface area contributed by atoms with Gasteiger partial charge in [-0.1, -0.05) is 37.3 Å². The second-order valence-corrected chi connectivity index (χ2v) is 6.97. The maximum atomic E-state index is 14.0. The molecule has 0 bridgehead atoms. The monoisotopic (exact) mass is 421 g/mol. The Morgan fingerprint density at radius 2 is 1.77 bits per heavy atom. The van der Waals surface area contributed by atoms with Crippen molar-refractivity contribution in [2.45, 2.75) is 26.8 Å². The lowest BCUT2D eigenvalue weighted by Crippen LogP contribution is -2.25. The Labute approximate surface area is 180 Å². The van der Waals surface area contributed by atoms with Crippen LogP contribution in [0.3, 0.4) is 0 Å². The topological polar surface area (TPSA) is 80.3 Å². The number of carbonyl (C=O) groups excluding carboxylic acids is 2. The lowest BCUT2D eigenvalue weighted by Gasteiger charge is -2.14. The van der Waals surface area contributed by atoms with Gasteiger partial charge in [0.05, 0.1) is 23.4 Å². The van der Waals surface area contributed by atoms with Gasteiger partial charge < -0.3 is 15.4 Å². The van der Waals surface area contributed by atoms with Gasteiger partial charge in [-0.2, -0.15) is 0 Å². The highest BCUT2D eigenvalue weighted by atomic mass is 19.1. The Bertz CT molecular complexity index is 1070. The molecule has 2 amide bonds. The largest absolute Gasteiger partial charge is 0.478 e. The number of hydrogen-bond acceptors (Lipinski definition) is 4. The zero-order valence-corrected chi connectivity index (χ0v) is 17.4. The number of hydrogen-bond donors (Lipinski definition) is 2. The summed E-state index contributed by atoms with van der Waals surface area (Å²) in [6, 6.07) is 14.4. The number of anilines is 1. The number of amides is 2. The van der Waals surface area contributed by atoms with Gasteiger partial charge in [-0.05, 0) is 42.7 Å². The second kappa shape index (κ2) is 10.3. The molecule has 2 aromatic carbocycles. The minimum atomic E-state index is -0.626. The van der Waals surface area contributed by atoms with E-state index in [9.17, 15) is 14.0 Å². The van der Waals surface area contributed by atoms with Gasteiger partial charge in [0.15, 0.2) is 0 Å². The fourth-order valence-electron chi connectivity index (χ4n) is 2.93.